The fraction of sp³-hybridized carbons (Fsp3) is 0.182. The van der Waals surface area contributed by atoms with Crippen molar-refractivity contribution in [1.82, 2.24) is 39.1 Å². The third kappa shape index (κ3) is 3.46. The minimum atomic E-state index is -0.230. The molecule has 0 aliphatic heterocycles. The number of thioether (sulfide) groups is 1. The Hall–Kier alpha value is -3.99. The van der Waals surface area contributed by atoms with E-state index in [1.165, 1.54) is 21.0 Å². The number of benzene rings is 2. The molecule has 0 amide bonds. The van der Waals surface area contributed by atoms with Crippen LogP contribution < -0.4 is 11.1 Å². The second kappa shape index (κ2) is 8.17. The molecule has 0 bridgehead atoms. The van der Waals surface area contributed by atoms with Crippen LogP contribution in [0.2, 0.25) is 0 Å². The number of fused-ring (bicyclic) bond motifs is 1. The zero-order valence-electron chi connectivity index (χ0n) is 18.2. The number of aromatic nitrogens is 8. The number of para-hydroxylation sites is 2. The molecule has 166 valence electrons. The predicted molar refractivity (Wildman–Crippen MR) is 125 cm³/mol. The number of hydrogen-bond acceptors (Lipinski definition) is 7. The minimum absolute atomic E-state index is 0.111. The Morgan fingerprint density at radius 3 is 2.45 bits per heavy atom. The third-order valence-electron chi connectivity index (χ3n) is 5.58. The second-order valence-electron chi connectivity index (χ2n) is 7.48. The van der Waals surface area contributed by atoms with E-state index in [9.17, 15) is 9.59 Å². The van der Waals surface area contributed by atoms with Crippen molar-refractivity contribution in [2.45, 2.75) is 17.8 Å². The van der Waals surface area contributed by atoms with E-state index in [-0.39, 0.29) is 11.1 Å². The van der Waals surface area contributed by atoms with Crippen molar-refractivity contribution in [3.05, 3.63) is 86.8 Å². The Morgan fingerprint density at radius 2 is 1.67 bits per heavy atom. The first-order chi connectivity index (χ1) is 16.0. The van der Waals surface area contributed by atoms with Gasteiger partial charge in [-0.3, -0.25) is 18.8 Å². The first kappa shape index (κ1) is 20.9. The van der Waals surface area contributed by atoms with Gasteiger partial charge in [0, 0.05) is 14.1 Å². The molecular weight excluding hydrogens is 440 g/mol. The topological polar surface area (TPSA) is 105 Å². The van der Waals surface area contributed by atoms with Gasteiger partial charge in [-0.1, -0.05) is 42.1 Å². The van der Waals surface area contributed by atoms with E-state index in [1.807, 2.05) is 62.5 Å². The molecule has 3 aromatic heterocycles. The molecule has 3 heterocycles. The van der Waals surface area contributed by atoms with Crippen LogP contribution in [0.3, 0.4) is 0 Å². The first-order valence-electron chi connectivity index (χ1n) is 10.2. The van der Waals surface area contributed by atoms with E-state index in [0.29, 0.717) is 39.0 Å². The van der Waals surface area contributed by atoms with Gasteiger partial charge in [0.2, 0.25) is 5.16 Å². The molecule has 0 saturated heterocycles. The molecule has 11 heteroatoms. The standard InChI is InChI=1S/C22H20N8O2S/c1-14-19(21(32)30(28(14)3)15-9-5-4-6-10-15)29-22(24-25-26-29)33-13-18-23-17-12-8-7-11-16(17)20(31)27(18)2/h4-12H,13H2,1-3H3. The molecule has 0 atom stereocenters. The molecule has 0 aliphatic carbocycles. The van der Waals surface area contributed by atoms with Crippen molar-refractivity contribution >= 4 is 22.7 Å². The van der Waals surface area contributed by atoms with E-state index >= 15 is 0 Å². The molecule has 0 fully saturated rings. The van der Waals surface area contributed by atoms with Gasteiger partial charge < -0.3 is 0 Å². The lowest BCUT2D eigenvalue weighted by Gasteiger charge is -2.08. The molecule has 0 N–H and O–H groups in total. The normalized spacial score (nSPS) is 11.4. The van der Waals surface area contributed by atoms with E-state index in [0.717, 1.165) is 5.69 Å². The van der Waals surface area contributed by atoms with E-state index in [1.54, 1.807) is 22.5 Å². The predicted octanol–water partition coefficient (Wildman–Crippen LogP) is 2.00. The molecule has 33 heavy (non-hydrogen) atoms. The van der Waals surface area contributed by atoms with Gasteiger partial charge in [-0.2, -0.15) is 4.68 Å². The molecule has 0 radical (unpaired) electrons. The number of nitrogens with zero attached hydrogens (tertiary/aromatic N) is 8. The second-order valence-corrected chi connectivity index (χ2v) is 8.42. The highest BCUT2D eigenvalue weighted by Crippen LogP contribution is 2.23. The van der Waals surface area contributed by atoms with Gasteiger partial charge in [0.05, 0.1) is 28.0 Å². The maximum Gasteiger partial charge on any atom is 0.297 e. The highest BCUT2D eigenvalue weighted by Gasteiger charge is 2.22. The highest BCUT2D eigenvalue weighted by molar-refractivity contribution is 7.98. The monoisotopic (exact) mass is 460 g/mol. The lowest BCUT2D eigenvalue weighted by molar-refractivity contribution is 0.630. The highest BCUT2D eigenvalue weighted by atomic mass is 32.2. The summed E-state index contributed by atoms with van der Waals surface area (Å²) in [6, 6.07) is 16.6. The molecule has 5 rings (SSSR count). The van der Waals surface area contributed by atoms with Crippen LogP contribution in [0.5, 0.6) is 0 Å². The fourth-order valence-electron chi connectivity index (χ4n) is 3.73. The summed E-state index contributed by atoms with van der Waals surface area (Å²) < 4.78 is 6.33. The van der Waals surface area contributed by atoms with Gasteiger partial charge in [-0.05, 0) is 41.6 Å². The van der Waals surface area contributed by atoms with Crippen molar-refractivity contribution in [3.8, 4) is 11.4 Å². The summed E-state index contributed by atoms with van der Waals surface area (Å²) in [6.07, 6.45) is 0. The lowest BCUT2D eigenvalue weighted by Crippen LogP contribution is -2.22. The Balaban J connectivity index is 1.52. The van der Waals surface area contributed by atoms with Crippen molar-refractivity contribution in [3.63, 3.8) is 0 Å². The van der Waals surface area contributed by atoms with Crippen molar-refractivity contribution in [2.24, 2.45) is 14.1 Å². The van der Waals surface area contributed by atoms with Crippen LogP contribution in [0.15, 0.2) is 69.3 Å². The van der Waals surface area contributed by atoms with Gasteiger partial charge in [0.15, 0.2) is 5.69 Å². The fourth-order valence-corrected chi connectivity index (χ4v) is 4.59. The summed E-state index contributed by atoms with van der Waals surface area (Å²) in [5, 5.41) is 13.0. The van der Waals surface area contributed by atoms with Gasteiger partial charge in [0.1, 0.15) is 5.82 Å². The third-order valence-corrected chi connectivity index (χ3v) is 6.50. The Bertz CT molecular complexity index is 1600. The van der Waals surface area contributed by atoms with Crippen LogP contribution in [0.1, 0.15) is 11.5 Å². The lowest BCUT2D eigenvalue weighted by atomic mass is 10.2. The smallest absolute Gasteiger partial charge is 0.297 e. The number of tetrazole rings is 1. The summed E-state index contributed by atoms with van der Waals surface area (Å²) in [4.78, 5) is 30.6. The van der Waals surface area contributed by atoms with Crippen LogP contribution in [0.4, 0.5) is 0 Å². The van der Waals surface area contributed by atoms with Gasteiger partial charge in [-0.15, -0.1) is 5.10 Å². The summed E-state index contributed by atoms with van der Waals surface area (Å²) in [5.41, 5.74) is 2.13. The van der Waals surface area contributed by atoms with Crippen molar-refractivity contribution in [1.29, 1.82) is 0 Å². The van der Waals surface area contributed by atoms with E-state index in [4.69, 9.17) is 0 Å². The Kier molecular flexibility index (Phi) is 5.17. The van der Waals surface area contributed by atoms with Crippen LogP contribution in [0.25, 0.3) is 22.3 Å². The average Bonchev–Trinajstić information content (AvgIpc) is 3.37. The van der Waals surface area contributed by atoms with Gasteiger partial charge >= 0.3 is 0 Å². The van der Waals surface area contributed by atoms with Crippen LogP contribution >= 0.6 is 11.8 Å². The van der Waals surface area contributed by atoms with E-state index in [2.05, 4.69) is 20.5 Å². The maximum absolute atomic E-state index is 13.3. The summed E-state index contributed by atoms with van der Waals surface area (Å²) in [7, 11) is 3.51. The van der Waals surface area contributed by atoms with Crippen LogP contribution in [-0.2, 0) is 19.8 Å². The summed E-state index contributed by atoms with van der Waals surface area (Å²) in [6.45, 7) is 1.85. The molecule has 0 aliphatic rings. The summed E-state index contributed by atoms with van der Waals surface area (Å²) >= 11 is 1.31. The van der Waals surface area contributed by atoms with Crippen molar-refractivity contribution < 1.29 is 0 Å². The van der Waals surface area contributed by atoms with E-state index < -0.39 is 0 Å². The van der Waals surface area contributed by atoms with Crippen LogP contribution in [-0.4, -0.2) is 39.1 Å². The largest absolute Gasteiger partial charge is 0.299 e. The first-order valence-corrected chi connectivity index (χ1v) is 11.2. The number of rotatable bonds is 5. The van der Waals surface area contributed by atoms with Gasteiger partial charge in [0.25, 0.3) is 11.1 Å². The zero-order chi connectivity index (χ0) is 23.1. The molecule has 5 aromatic rings. The summed E-state index contributed by atoms with van der Waals surface area (Å²) in [5.74, 6) is 0.945. The SMILES string of the molecule is Cc1c(-n2nnnc2SCc2nc3ccccc3c(=O)n2C)c(=O)n(-c2ccccc2)n1C. The Morgan fingerprint density at radius 1 is 0.939 bits per heavy atom. The molecular formula is C22H20N8O2S. The molecule has 0 spiro atoms. The molecule has 2 aromatic carbocycles. The zero-order valence-corrected chi connectivity index (χ0v) is 19.0. The van der Waals surface area contributed by atoms with Crippen molar-refractivity contribution in [2.75, 3.05) is 0 Å². The molecule has 0 unspecified atom stereocenters. The minimum Gasteiger partial charge on any atom is -0.299 e. The number of hydrogen-bond donors (Lipinski definition) is 0. The quantitative estimate of drug-likeness (QED) is 0.369. The average molecular weight is 461 g/mol. The Labute approximate surface area is 192 Å². The van der Waals surface area contributed by atoms with Gasteiger partial charge in [-0.25, -0.2) is 9.67 Å². The maximum atomic E-state index is 13.3. The molecule has 0 saturated carbocycles. The molecule has 10 nitrogen and oxygen atoms in total. The van der Waals surface area contributed by atoms with Crippen LogP contribution in [0, 0.1) is 6.92 Å².